The molecule has 0 spiro atoms. The van der Waals surface area contributed by atoms with E-state index < -0.39 is 0 Å². The third-order valence-corrected chi connectivity index (χ3v) is 7.05. The molecule has 0 atom stereocenters. The Bertz CT molecular complexity index is 1110. The van der Waals surface area contributed by atoms with E-state index >= 15 is 0 Å². The largest absolute Gasteiger partial charge is 0.497 e. The Morgan fingerprint density at radius 2 is 1.74 bits per heavy atom. The van der Waals surface area contributed by atoms with Gasteiger partial charge < -0.3 is 14.8 Å². The molecule has 0 saturated carbocycles. The molecule has 1 N–H and O–H groups in total. The average molecular weight is 587 g/mol. The van der Waals surface area contributed by atoms with Gasteiger partial charge in [-0.3, -0.25) is 4.79 Å². The fourth-order valence-corrected chi connectivity index (χ4v) is 4.89. The third kappa shape index (κ3) is 9.74. The second-order valence-corrected chi connectivity index (χ2v) is 10.3. The maximum absolute atomic E-state index is 13.0. The number of unbranched alkanes of at least 4 members (excludes halogenated alkanes) is 9. The van der Waals surface area contributed by atoms with Crippen molar-refractivity contribution in [3.05, 3.63) is 52.8 Å². The molecule has 0 aliphatic carbocycles. The Hall–Kier alpha value is -2.94. The number of hydrogen-bond acceptors (Lipinski definition) is 6. The van der Waals surface area contributed by atoms with Gasteiger partial charge in [0, 0.05) is 17.7 Å². The van der Waals surface area contributed by atoms with E-state index in [1.165, 1.54) is 51.4 Å². The van der Waals surface area contributed by atoms with Crippen molar-refractivity contribution in [1.82, 2.24) is 25.5 Å². The topological polar surface area (TPSA) is 91.2 Å². The van der Waals surface area contributed by atoms with Crippen LogP contribution in [0.1, 0.15) is 81.5 Å². The second kappa shape index (κ2) is 16.8. The first-order chi connectivity index (χ1) is 18.6. The maximum Gasteiger partial charge on any atom is 0.251 e. The van der Waals surface area contributed by atoms with E-state index in [0.29, 0.717) is 35.5 Å². The molecule has 0 aliphatic rings. The lowest BCUT2D eigenvalue weighted by Crippen LogP contribution is -2.24. The zero-order valence-electron chi connectivity index (χ0n) is 22.6. The Morgan fingerprint density at radius 1 is 1.00 bits per heavy atom. The summed E-state index contributed by atoms with van der Waals surface area (Å²) in [7, 11) is 1.63. The van der Waals surface area contributed by atoms with E-state index in [1.54, 1.807) is 18.1 Å². The van der Waals surface area contributed by atoms with Crippen LogP contribution in [0.2, 0.25) is 0 Å². The number of rotatable bonds is 18. The van der Waals surface area contributed by atoms with E-state index in [-0.39, 0.29) is 5.91 Å². The number of tetrazole rings is 1. The summed E-state index contributed by atoms with van der Waals surface area (Å²) in [5.41, 5.74) is 2.28. The van der Waals surface area contributed by atoms with Crippen LogP contribution >= 0.6 is 15.9 Å². The first-order valence-electron chi connectivity index (χ1n) is 13.7. The van der Waals surface area contributed by atoms with Crippen molar-refractivity contribution in [3.63, 3.8) is 0 Å². The van der Waals surface area contributed by atoms with Crippen molar-refractivity contribution >= 4 is 21.8 Å². The number of hydrogen-bond donors (Lipinski definition) is 1. The molecule has 0 unspecified atom stereocenters. The smallest absolute Gasteiger partial charge is 0.251 e. The molecule has 0 fully saturated rings. The SMILES string of the molecule is CCCCCCCCCCCCNC(=O)c1cc(Br)c(OCCn2cnnn2)c(-c2cccc(OC)c2)c1. The van der Waals surface area contributed by atoms with Crippen molar-refractivity contribution < 1.29 is 14.3 Å². The number of methoxy groups -OCH3 is 1. The Kier molecular flexibility index (Phi) is 13.1. The lowest BCUT2D eigenvalue weighted by Gasteiger charge is -2.16. The second-order valence-electron chi connectivity index (χ2n) is 9.43. The highest BCUT2D eigenvalue weighted by Gasteiger charge is 2.17. The number of benzene rings is 2. The van der Waals surface area contributed by atoms with Crippen LogP contribution in [0.15, 0.2) is 47.2 Å². The molecule has 1 heterocycles. The summed E-state index contributed by atoms with van der Waals surface area (Å²) in [5.74, 6) is 1.29. The van der Waals surface area contributed by atoms with E-state index in [4.69, 9.17) is 9.47 Å². The van der Waals surface area contributed by atoms with E-state index in [9.17, 15) is 4.79 Å². The van der Waals surface area contributed by atoms with Crippen LogP contribution in [0.3, 0.4) is 0 Å². The molecule has 0 bridgehead atoms. The summed E-state index contributed by atoms with van der Waals surface area (Å²) in [5, 5.41) is 14.3. The lowest BCUT2D eigenvalue weighted by atomic mass is 10.0. The van der Waals surface area contributed by atoms with Crippen LogP contribution in [0.5, 0.6) is 11.5 Å². The molecule has 9 heteroatoms. The Balaban J connectivity index is 1.57. The van der Waals surface area contributed by atoms with Crippen LogP contribution < -0.4 is 14.8 Å². The predicted molar refractivity (Wildman–Crippen MR) is 154 cm³/mol. The number of nitrogens with one attached hydrogen (secondary N) is 1. The van der Waals surface area contributed by atoms with Crippen molar-refractivity contribution in [2.45, 2.75) is 77.7 Å². The number of aromatic nitrogens is 4. The van der Waals surface area contributed by atoms with E-state index in [0.717, 1.165) is 29.7 Å². The summed E-state index contributed by atoms with van der Waals surface area (Å²) in [6.07, 6.45) is 14.2. The molecular formula is C29H40BrN5O3. The molecule has 2 aromatic carbocycles. The number of halogens is 1. The molecular weight excluding hydrogens is 546 g/mol. The number of carbonyl (C=O) groups is 1. The van der Waals surface area contributed by atoms with Crippen molar-refractivity contribution in [2.24, 2.45) is 0 Å². The number of carbonyl (C=O) groups excluding carboxylic acids is 1. The zero-order chi connectivity index (χ0) is 27.0. The molecule has 3 aromatic rings. The van der Waals surface area contributed by atoms with Gasteiger partial charge in [0.1, 0.15) is 24.4 Å². The summed E-state index contributed by atoms with van der Waals surface area (Å²) in [6, 6.07) is 11.4. The third-order valence-electron chi connectivity index (χ3n) is 6.46. The van der Waals surface area contributed by atoms with Crippen LogP contribution in [-0.2, 0) is 6.54 Å². The molecule has 38 heavy (non-hydrogen) atoms. The van der Waals surface area contributed by atoms with Gasteiger partial charge in [-0.25, -0.2) is 4.68 Å². The predicted octanol–water partition coefficient (Wildman–Crippen LogP) is 6.84. The molecule has 0 aliphatic heterocycles. The molecule has 3 rings (SSSR count). The highest BCUT2D eigenvalue weighted by atomic mass is 79.9. The maximum atomic E-state index is 13.0. The zero-order valence-corrected chi connectivity index (χ0v) is 24.2. The first-order valence-corrected chi connectivity index (χ1v) is 14.5. The molecule has 0 saturated heterocycles. The average Bonchev–Trinajstić information content (AvgIpc) is 3.46. The highest BCUT2D eigenvalue weighted by molar-refractivity contribution is 9.10. The van der Waals surface area contributed by atoms with Crippen molar-refractivity contribution in [2.75, 3.05) is 20.3 Å². The number of ether oxygens (including phenoxy) is 2. The van der Waals surface area contributed by atoms with Gasteiger partial charge >= 0.3 is 0 Å². The van der Waals surface area contributed by atoms with Gasteiger partial charge in [-0.2, -0.15) is 0 Å². The Morgan fingerprint density at radius 3 is 2.42 bits per heavy atom. The molecule has 1 amide bonds. The fourth-order valence-electron chi connectivity index (χ4n) is 4.32. The summed E-state index contributed by atoms with van der Waals surface area (Å²) in [4.78, 5) is 13.0. The quantitative estimate of drug-likeness (QED) is 0.164. The molecule has 1 aromatic heterocycles. The minimum absolute atomic E-state index is 0.0917. The minimum Gasteiger partial charge on any atom is -0.497 e. The number of nitrogens with zero attached hydrogens (tertiary/aromatic N) is 4. The molecule has 8 nitrogen and oxygen atoms in total. The lowest BCUT2D eigenvalue weighted by molar-refractivity contribution is 0.0953. The number of amides is 1. The van der Waals surface area contributed by atoms with Gasteiger partial charge in [-0.1, -0.05) is 76.8 Å². The summed E-state index contributed by atoms with van der Waals surface area (Å²) >= 11 is 3.63. The van der Waals surface area contributed by atoms with Crippen molar-refractivity contribution in [3.8, 4) is 22.6 Å². The van der Waals surface area contributed by atoms with Gasteiger partial charge in [-0.15, -0.1) is 5.10 Å². The summed E-state index contributed by atoms with van der Waals surface area (Å²) < 4.78 is 13.9. The summed E-state index contributed by atoms with van der Waals surface area (Å²) in [6.45, 7) is 3.79. The highest BCUT2D eigenvalue weighted by Crippen LogP contribution is 2.39. The van der Waals surface area contributed by atoms with Gasteiger partial charge in [0.05, 0.1) is 18.1 Å². The standard InChI is InChI=1S/C29H40BrN5O3/c1-3-4-5-6-7-8-9-10-11-12-16-31-29(36)24-20-26(23-14-13-15-25(19-23)37-2)28(27(30)21-24)38-18-17-35-22-32-33-34-35/h13-15,19-22H,3-12,16-18H2,1-2H3,(H,31,36). The van der Waals surface area contributed by atoms with Gasteiger partial charge in [0.25, 0.3) is 5.91 Å². The van der Waals surface area contributed by atoms with Crippen LogP contribution in [0.4, 0.5) is 0 Å². The van der Waals surface area contributed by atoms with Crippen LogP contribution in [0.25, 0.3) is 11.1 Å². The monoisotopic (exact) mass is 585 g/mol. The normalized spacial score (nSPS) is 10.9. The molecule has 0 radical (unpaired) electrons. The van der Waals surface area contributed by atoms with Gasteiger partial charge in [-0.05, 0) is 62.6 Å². The van der Waals surface area contributed by atoms with Gasteiger partial charge in [0.15, 0.2) is 0 Å². The minimum atomic E-state index is -0.0917. The molecule has 206 valence electrons. The van der Waals surface area contributed by atoms with Crippen LogP contribution in [0, 0.1) is 0 Å². The van der Waals surface area contributed by atoms with Gasteiger partial charge in [0.2, 0.25) is 0 Å². The van der Waals surface area contributed by atoms with E-state index in [2.05, 4.69) is 43.7 Å². The Labute approximate surface area is 234 Å². The van der Waals surface area contributed by atoms with Crippen molar-refractivity contribution in [1.29, 1.82) is 0 Å². The first kappa shape index (κ1) is 29.6. The van der Waals surface area contributed by atoms with E-state index in [1.807, 2.05) is 36.4 Å². The van der Waals surface area contributed by atoms with Crippen LogP contribution in [-0.4, -0.2) is 46.4 Å². The fraction of sp³-hybridized carbons (Fsp3) is 0.517.